The lowest BCUT2D eigenvalue weighted by Crippen LogP contribution is -2.82. The number of amides is 2. The number of fused-ring (bicyclic) bond motifs is 2. The monoisotopic (exact) mass is 682 g/mol. The zero-order valence-corrected chi connectivity index (χ0v) is 29.3. The number of hydrogen-bond donors (Lipinski definition) is 2. The Morgan fingerprint density at radius 3 is 2.43 bits per heavy atom. The van der Waals surface area contributed by atoms with Gasteiger partial charge in [-0.3, -0.25) is 14.5 Å². The van der Waals surface area contributed by atoms with Crippen molar-refractivity contribution in [3.05, 3.63) is 29.8 Å². The number of likely N-dealkylation sites (N-methyl/N-ethyl adjacent to an activating group) is 1. The van der Waals surface area contributed by atoms with Crippen molar-refractivity contribution in [3.8, 4) is 0 Å². The normalized spacial score (nSPS) is 48.0. The quantitative estimate of drug-likeness (QED) is 0.292. The zero-order valence-electron chi connectivity index (χ0n) is 29.3. The van der Waals surface area contributed by atoms with E-state index in [2.05, 4.69) is 11.8 Å². The number of carbonyl (C=O) groups is 3. The van der Waals surface area contributed by atoms with Crippen LogP contribution in [0.5, 0.6) is 0 Å². The van der Waals surface area contributed by atoms with Crippen LogP contribution in [0.1, 0.15) is 56.3 Å². The highest BCUT2D eigenvalue weighted by molar-refractivity contribution is 6.22. The first kappa shape index (κ1) is 33.7. The van der Waals surface area contributed by atoms with Gasteiger partial charge in [0.2, 0.25) is 11.8 Å². The van der Waals surface area contributed by atoms with E-state index in [0.717, 1.165) is 11.3 Å². The topological polar surface area (TPSA) is 144 Å². The van der Waals surface area contributed by atoms with Gasteiger partial charge in [-0.05, 0) is 43.9 Å². The fraction of sp³-hybridized carbons (Fsp3) is 0.757. The average molecular weight is 683 g/mol. The Morgan fingerprint density at radius 2 is 1.80 bits per heavy atom. The van der Waals surface area contributed by atoms with Crippen LogP contribution < -0.4 is 4.90 Å². The molecule has 14 atom stereocenters. The molecule has 0 radical (unpaired) electrons. The molecule has 7 aliphatic rings. The Hall–Kier alpha value is -2.45. The maximum Gasteiger partial charge on any atom is 0.340 e. The molecule has 2 heterocycles. The summed E-state index contributed by atoms with van der Waals surface area (Å²) in [6.07, 6.45) is 0.813. The Bertz CT molecular complexity index is 1560. The number of nitrogens with zero attached hydrogens (tertiary/aromatic N) is 2. The molecule has 5 saturated carbocycles. The van der Waals surface area contributed by atoms with Crippen molar-refractivity contribution in [2.45, 2.75) is 87.6 Å². The van der Waals surface area contributed by atoms with Crippen molar-refractivity contribution < 1.29 is 48.3 Å². The lowest BCUT2D eigenvalue weighted by molar-refractivity contribution is -0.320. The molecular formula is C37H50N2O10. The molecule has 6 unspecified atom stereocenters. The van der Waals surface area contributed by atoms with Crippen molar-refractivity contribution >= 4 is 23.5 Å². The SMILES string of the molecule is CCN1C[C@]2(COC(=O)c3ccccc3N3C(=O)CC(C)C3=O)CCC(OC)C34[C@@H]5C[C@@H]6C(OC)C[C@@](O)([C@H]5C6OC)C(O)([C@H]13)[C@@H](OC)[C@@H]42. The van der Waals surface area contributed by atoms with Gasteiger partial charge in [0.25, 0.3) is 0 Å². The maximum absolute atomic E-state index is 14.1. The number of ether oxygens (including phenoxy) is 5. The molecule has 5 aliphatic carbocycles. The zero-order chi connectivity index (χ0) is 34.8. The van der Waals surface area contributed by atoms with Crippen molar-refractivity contribution in [3.63, 3.8) is 0 Å². The fourth-order valence-corrected chi connectivity index (χ4v) is 13.2. The summed E-state index contributed by atoms with van der Waals surface area (Å²) >= 11 is 0. The molecule has 49 heavy (non-hydrogen) atoms. The van der Waals surface area contributed by atoms with Crippen molar-refractivity contribution in [2.75, 3.05) is 53.0 Å². The van der Waals surface area contributed by atoms with Gasteiger partial charge in [-0.15, -0.1) is 0 Å². The third-order valence-corrected chi connectivity index (χ3v) is 14.5. The maximum atomic E-state index is 14.1. The number of para-hydroxylation sites is 1. The van der Waals surface area contributed by atoms with Gasteiger partial charge in [0.15, 0.2) is 0 Å². The number of piperidine rings is 1. The second-order valence-electron chi connectivity index (χ2n) is 16.0. The first-order valence-corrected chi connectivity index (χ1v) is 17.9. The minimum absolute atomic E-state index is 0.0358. The van der Waals surface area contributed by atoms with Crippen LogP contribution in [0, 0.1) is 40.4 Å². The molecule has 7 bridgehead atoms. The minimum Gasteiger partial charge on any atom is -0.461 e. The Labute approximate surface area is 287 Å². The summed E-state index contributed by atoms with van der Waals surface area (Å²) in [6, 6.07) is 6.12. The predicted molar refractivity (Wildman–Crippen MR) is 174 cm³/mol. The van der Waals surface area contributed by atoms with Gasteiger partial charge in [0.1, 0.15) is 11.2 Å². The highest BCUT2D eigenvalue weighted by Crippen LogP contribution is 2.80. The van der Waals surface area contributed by atoms with E-state index in [1.165, 1.54) is 0 Å². The van der Waals surface area contributed by atoms with Gasteiger partial charge < -0.3 is 33.9 Å². The Kier molecular flexibility index (Phi) is 7.75. The van der Waals surface area contributed by atoms with Crippen LogP contribution in [0.15, 0.2) is 24.3 Å². The lowest BCUT2D eigenvalue weighted by atomic mass is 9.42. The van der Waals surface area contributed by atoms with Gasteiger partial charge in [0.05, 0.1) is 48.3 Å². The van der Waals surface area contributed by atoms with E-state index in [1.54, 1.807) is 59.6 Å². The minimum atomic E-state index is -1.70. The number of rotatable bonds is 9. The first-order valence-electron chi connectivity index (χ1n) is 17.9. The van der Waals surface area contributed by atoms with Crippen LogP contribution >= 0.6 is 0 Å². The lowest BCUT2D eigenvalue weighted by Gasteiger charge is -2.70. The molecule has 2 N–H and O–H groups in total. The molecule has 7 fully saturated rings. The molecule has 1 spiro atoms. The van der Waals surface area contributed by atoms with Gasteiger partial charge in [-0.1, -0.05) is 26.0 Å². The van der Waals surface area contributed by atoms with Crippen molar-refractivity contribution in [1.29, 1.82) is 0 Å². The second kappa shape index (κ2) is 11.3. The smallest absolute Gasteiger partial charge is 0.340 e. The molecular weight excluding hydrogens is 632 g/mol. The van der Waals surface area contributed by atoms with E-state index in [9.17, 15) is 24.6 Å². The largest absolute Gasteiger partial charge is 0.461 e. The molecule has 2 saturated heterocycles. The van der Waals surface area contributed by atoms with Gasteiger partial charge in [0, 0.05) is 82.3 Å². The number of carbonyl (C=O) groups excluding carboxylic acids is 3. The average Bonchev–Trinajstić information content (AvgIpc) is 3.63. The van der Waals surface area contributed by atoms with Gasteiger partial charge in [-0.25, -0.2) is 9.69 Å². The third-order valence-electron chi connectivity index (χ3n) is 14.5. The van der Waals surface area contributed by atoms with Gasteiger partial charge in [-0.2, -0.15) is 0 Å². The molecule has 1 aromatic carbocycles. The number of imide groups is 1. The summed E-state index contributed by atoms with van der Waals surface area (Å²) < 4.78 is 31.4. The summed E-state index contributed by atoms with van der Waals surface area (Å²) in [5, 5.41) is 26.6. The third kappa shape index (κ3) is 3.86. The van der Waals surface area contributed by atoms with Gasteiger partial charge >= 0.3 is 5.97 Å². The second-order valence-corrected chi connectivity index (χ2v) is 16.0. The highest BCUT2D eigenvalue weighted by Gasteiger charge is 2.91. The van der Waals surface area contributed by atoms with Crippen molar-refractivity contribution in [2.24, 2.45) is 40.4 Å². The number of methoxy groups -OCH3 is 4. The summed E-state index contributed by atoms with van der Waals surface area (Å²) in [5.74, 6) is -2.47. The van der Waals surface area contributed by atoms with Crippen molar-refractivity contribution in [1.82, 2.24) is 4.90 Å². The Morgan fingerprint density at radius 1 is 1.04 bits per heavy atom. The highest BCUT2D eigenvalue weighted by atomic mass is 16.5. The van der Waals surface area contributed by atoms with E-state index in [4.69, 9.17) is 23.7 Å². The van der Waals surface area contributed by atoms with Crippen LogP contribution in [0.4, 0.5) is 5.69 Å². The Balaban J connectivity index is 1.23. The molecule has 12 heteroatoms. The van der Waals surface area contributed by atoms with Crippen LogP contribution in [0.25, 0.3) is 0 Å². The van der Waals surface area contributed by atoms with Crippen LogP contribution in [0.3, 0.4) is 0 Å². The first-order chi connectivity index (χ1) is 23.4. The molecule has 8 rings (SSSR count). The number of anilines is 1. The van der Waals surface area contributed by atoms with E-state index in [1.807, 2.05) is 0 Å². The summed E-state index contributed by atoms with van der Waals surface area (Å²) in [4.78, 5) is 43.3. The summed E-state index contributed by atoms with van der Waals surface area (Å²) in [6.45, 7) is 4.95. The molecule has 0 aromatic heterocycles. The number of benzene rings is 1. The molecule has 1 aromatic rings. The molecule has 12 nitrogen and oxygen atoms in total. The number of esters is 1. The number of likely N-dealkylation sites (tertiary alicyclic amines) is 1. The fourth-order valence-electron chi connectivity index (χ4n) is 13.2. The van der Waals surface area contributed by atoms with E-state index >= 15 is 0 Å². The van der Waals surface area contributed by atoms with E-state index < -0.39 is 46.1 Å². The van der Waals surface area contributed by atoms with Crippen LogP contribution in [-0.4, -0.2) is 123 Å². The summed E-state index contributed by atoms with van der Waals surface area (Å²) in [5.41, 5.74) is -4.17. The molecule has 2 amide bonds. The predicted octanol–water partition coefficient (Wildman–Crippen LogP) is 2.04. The number of hydrogen-bond acceptors (Lipinski definition) is 11. The standard InChI is InChI=1S/C37H50N2O10/c1-7-38-17-34(18-49-32(42)20-10-8-9-11-23(20)39-26(40)14-19(2)31(39)41)13-12-25(46-4)36-22-15-21-24(45-3)16-35(43,27(22)28(21)47-5)37(44,33(36)38)30(48-6)29(34)36/h8-11,19,21-22,24-25,27-30,33,43-44H,7,12-18H2,1-6H3/t19?,21-,22-,24?,25?,27-,28?,29-,30+,33-,34+,35-,36?,37?/m1/s1. The molecule has 2 aliphatic heterocycles. The number of aliphatic hydroxyl groups is 2. The van der Waals surface area contributed by atoms with E-state index in [0.29, 0.717) is 25.9 Å². The van der Waals surface area contributed by atoms with Crippen LogP contribution in [-0.2, 0) is 33.3 Å². The van der Waals surface area contributed by atoms with Crippen LogP contribution in [0.2, 0.25) is 0 Å². The summed E-state index contributed by atoms with van der Waals surface area (Å²) in [7, 11) is 6.70. The van der Waals surface area contributed by atoms with E-state index in [-0.39, 0.29) is 84.5 Å². The molecule has 268 valence electrons.